The third-order valence-electron chi connectivity index (χ3n) is 4.79. The Hall–Kier alpha value is -1.84. The quantitative estimate of drug-likeness (QED) is 0.617. The minimum Gasteiger partial charge on any atom is -0.492 e. The average molecular weight is 317 g/mol. The molecule has 23 heavy (non-hydrogen) atoms. The maximum absolute atomic E-state index is 11.0. The molecule has 0 aromatic heterocycles. The van der Waals surface area contributed by atoms with Crippen molar-refractivity contribution in [1.82, 2.24) is 0 Å². The molecule has 2 aliphatic rings. The highest BCUT2D eigenvalue weighted by atomic mass is 16.5. The molecule has 0 spiro atoms. The Balaban J connectivity index is 1.94. The van der Waals surface area contributed by atoms with Gasteiger partial charge in [0, 0.05) is 12.2 Å². The summed E-state index contributed by atoms with van der Waals surface area (Å²) in [5.74, 6) is 1.38. The van der Waals surface area contributed by atoms with Gasteiger partial charge < -0.3 is 14.2 Å². The number of nitrogens with zero attached hydrogens (tertiary/aromatic N) is 1. The molecule has 1 heterocycles. The minimum atomic E-state index is -0.518. The molecule has 0 bridgehead atoms. The molecule has 1 aromatic rings. The molecular formula is C18H23NO4. The second kappa shape index (κ2) is 7.16. The second-order valence-corrected chi connectivity index (χ2v) is 6.24. The summed E-state index contributed by atoms with van der Waals surface area (Å²) in [6.45, 7) is 1.40. The molecule has 0 radical (unpaired) electrons. The minimum absolute atomic E-state index is 0.0435. The third-order valence-corrected chi connectivity index (χ3v) is 4.79. The summed E-state index contributed by atoms with van der Waals surface area (Å²) in [5, 5.41) is 0. The van der Waals surface area contributed by atoms with Gasteiger partial charge in [-0.15, -0.1) is 0 Å². The maximum Gasteiger partial charge on any atom is 0.235 e. The van der Waals surface area contributed by atoms with E-state index in [1.807, 2.05) is 18.2 Å². The van der Waals surface area contributed by atoms with Crippen LogP contribution < -0.4 is 9.47 Å². The Morgan fingerprint density at radius 1 is 1.30 bits per heavy atom. The van der Waals surface area contributed by atoms with Crippen molar-refractivity contribution in [3.63, 3.8) is 0 Å². The first-order valence-electron chi connectivity index (χ1n) is 8.30. The zero-order valence-electron chi connectivity index (χ0n) is 13.5. The topological polar surface area (TPSA) is 57.1 Å². The number of ether oxygens (including phenoxy) is 3. The normalized spacial score (nSPS) is 23.1. The number of hydrogen-bond donors (Lipinski definition) is 0. The van der Waals surface area contributed by atoms with E-state index in [1.54, 1.807) is 13.2 Å². The number of para-hydroxylation sites is 1. The van der Waals surface area contributed by atoms with Crippen LogP contribution in [0.1, 0.15) is 44.1 Å². The molecule has 124 valence electrons. The fourth-order valence-electron chi connectivity index (χ4n) is 3.66. The van der Waals surface area contributed by atoms with E-state index in [9.17, 15) is 4.79 Å². The Morgan fingerprint density at radius 3 is 2.78 bits per heavy atom. The molecule has 0 amide bonds. The van der Waals surface area contributed by atoms with Crippen LogP contribution in [0.5, 0.6) is 11.5 Å². The fraction of sp³-hybridized carbons (Fsp3) is 0.611. The van der Waals surface area contributed by atoms with Crippen molar-refractivity contribution in [2.45, 2.75) is 50.2 Å². The molecule has 5 heteroatoms. The molecular weight excluding hydrogens is 294 g/mol. The fourth-order valence-corrected chi connectivity index (χ4v) is 3.66. The van der Waals surface area contributed by atoms with Gasteiger partial charge in [-0.05, 0) is 31.7 Å². The van der Waals surface area contributed by atoms with Crippen LogP contribution in [0.3, 0.4) is 0 Å². The van der Waals surface area contributed by atoms with Gasteiger partial charge in [-0.25, -0.2) is 4.79 Å². The molecule has 1 aromatic carbocycles. The monoisotopic (exact) mass is 317 g/mol. The molecule has 2 fully saturated rings. The predicted molar refractivity (Wildman–Crippen MR) is 85.7 cm³/mol. The summed E-state index contributed by atoms with van der Waals surface area (Å²) in [4.78, 5) is 15.1. The van der Waals surface area contributed by atoms with E-state index in [1.165, 1.54) is 0 Å². The van der Waals surface area contributed by atoms with Crippen molar-refractivity contribution in [1.29, 1.82) is 0 Å². The van der Waals surface area contributed by atoms with Crippen LogP contribution in [0.15, 0.2) is 23.2 Å². The highest BCUT2D eigenvalue weighted by molar-refractivity contribution is 5.52. The van der Waals surface area contributed by atoms with Gasteiger partial charge >= 0.3 is 0 Å². The number of methoxy groups -OCH3 is 1. The second-order valence-electron chi connectivity index (χ2n) is 6.24. The van der Waals surface area contributed by atoms with E-state index in [0.29, 0.717) is 18.1 Å². The van der Waals surface area contributed by atoms with Gasteiger partial charge in [0.1, 0.15) is 11.6 Å². The lowest BCUT2D eigenvalue weighted by Crippen LogP contribution is -2.28. The van der Waals surface area contributed by atoms with Crippen molar-refractivity contribution in [2.75, 3.05) is 20.3 Å². The number of carbonyl (C=O) groups excluding carboxylic acids is 1. The van der Waals surface area contributed by atoms with Gasteiger partial charge in [-0.1, -0.05) is 25.0 Å². The maximum atomic E-state index is 11.0. The molecule has 5 nitrogen and oxygen atoms in total. The first-order chi connectivity index (χ1) is 11.3. The lowest BCUT2D eigenvalue weighted by atomic mass is 9.88. The van der Waals surface area contributed by atoms with Crippen molar-refractivity contribution >= 4 is 6.08 Å². The third kappa shape index (κ3) is 3.26. The van der Waals surface area contributed by atoms with Gasteiger partial charge in [0.05, 0.1) is 13.7 Å². The smallest absolute Gasteiger partial charge is 0.235 e. The van der Waals surface area contributed by atoms with Crippen molar-refractivity contribution in [3.05, 3.63) is 23.8 Å². The average Bonchev–Trinajstić information content (AvgIpc) is 3.06. The van der Waals surface area contributed by atoms with Crippen LogP contribution in [0.2, 0.25) is 0 Å². The van der Waals surface area contributed by atoms with E-state index in [4.69, 9.17) is 14.2 Å². The molecule has 1 saturated carbocycles. The zero-order valence-corrected chi connectivity index (χ0v) is 13.5. The summed E-state index contributed by atoms with van der Waals surface area (Å²) < 4.78 is 17.2. The molecule has 0 N–H and O–H groups in total. The van der Waals surface area contributed by atoms with Crippen molar-refractivity contribution in [2.24, 2.45) is 4.99 Å². The van der Waals surface area contributed by atoms with Gasteiger partial charge in [0.2, 0.25) is 6.08 Å². The highest BCUT2D eigenvalue weighted by Crippen LogP contribution is 2.48. The zero-order chi connectivity index (χ0) is 16.1. The number of rotatable bonds is 5. The van der Waals surface area contributed by atoms with E-state index in [-0.39, 0.29) is 6.10 Å². The van der Waals surface area contributed by atoms with Gasteiger partial charge in [-0.3, -0.25) is 0 Å². The highest BCUT2D eigenvalue weighted by Gasteiger charge is 2.39. The van der Waals surface area contributed by atoms with Crippen molar-refractivity contribution in [3.8, 4) is 11.5 Å². The van der Waals surface area contributed by atoms with E-state index in [0.717, 1.165) is 50.7 Å². The lowest BCUT2D eigenvalue weighted by molar-refractivity contribution is 0.00633. The van der Waals surface area contributed by atoms with E-state index >= 15 is 0 Å². The number of isocyanates is 1. The summed E-state index contributed by atoms with van der Waals surface area (Å²) in [6.07, 6.45) is 7.57. The molecule has 1 atom stereocenters. The summed E-state index contributed by atoms with van der Waals surface area (Å²) in [5.41, 5.74) is 0.408. The number of hydrogen-bond acceptors (Lipinski definition) is 5. The molecule has 1 unspecified atom stereocenters. The standard InChI is InChI=1S/C18H23NO4/c1-21-17-15(18(19-13-20)9-2-3-10-18)7-4-8-16(17)23-14-6-5-11-22-12-14/h4,7-8,14H,2-3,5-6,9-12H2,1H3. The van der Waals surface area contributed by atoms with Gasteiger partial charge in [0.15, 0.2) is 11.5 Å². The number of aliphatic imine (C=N–C) groups is 1. The van der Waals surface area contributed by atoms with Gasteiger partial charge in [-0.2, -0.15) is 4.99 Å². The molecule has 1 saturated heterocycles. The first kappa shape index (κ1) is 16.0. The van der Waals surface area contributed by atoms with Crippen LogP contribution in [-0.4, -0.2) is 32.5 Å². The largest absolute Gasteiger partial charge is 0.492 e. The molecule has 1 aliphatic carbocycles. The Morgan fingerprint density at radius 2 is 2.13 bits per heavy atom. The van der Waals surface area contributed by atoms with Gasteiger partial charge in [0.25, 0.3) is 0 Å². The molecule has 3 rings (SSSR count). The summed E-state index contributed by atoms with van der Waals surface area (Å²) >= 11 is 0. The van der Waals surface area contributed by atoms with Crippen LogP contribution in [-0.2, 0) is 15.1 Å². The molecule has 1 aliphatic heterocycles. The SMILES string of the molecule is COc1c(OC2CCCOC2)cccc1C1(N=C=O)CCCC1. The predicted octanol–water partition coefficient (Wildman–Crippen LogP) is 3.36. The Bertz CT molecular complexity index is 583. The van der Waals surface area contributed by atoms with Crippen molar-refractivity contribution < 1.29 is 19.0 Å². The van der Waals surface area contributed by atoms with Crippen LogP contribution in [0.25, 0.3) is 0 Å². The summed E-state index contributed by atoms with van der Waals surface area (Å²) in [6, 6.07) is 5.83. The Kier molecular flexibility index (Phi) is 4.99. The Labute approximate surface area is 136 Å². The lowest BCUT2D eigenvalue weighted by Gasteiger charge is -2.28. The first-order valence-corrected chi connectivity index (χ1v) is 8.30. The number of benzene rings is 1. The van der Waals surface area contributed by atoms with Crippen LogP contribution >= 0.6 is 0 Å². The van der Waals surface area contributed by atoms with Crippen LogP contribution in [0.4, 0.5) is 0 Å². The summed E-state index contributed by atoms with van der Waals surface area (Å²) in [7, 11) is 1.64. The van der Waals surface area contributed by atoms with E-state index in [2.05, 4.69) is 4.99 Å². The van der Waals surface area contributed by atoms with E-state index < -0.39 is 5.54 Å². The van der Waals surface area contributed by atoms with Crippen LogP contribution in [0, 0.1) is 0 Å².